The van der Waals surface area contributed by atoms with Crippen molar-refractivity contribution in [3.63, 3.8) is 0 Å². The lowest BCUT2D eigenvalue weighted by atomic mass is 10.1. The molecule has 20 heavy (non-hydrogen) atoms. The lowest BCUT2D eigenvalue weighted by Gasteiger charge is -2.15. The molecule has 0 aromatic heterocycles. The summed E-state index contributed by atoms with van der Waals surface area (Å²) < 4.78 is 5.61. The Morgan fingerprint density at radius 1 is 1.40 bits per heavy atom. The molecular weight excluding hydrogens is 254 g/mol. The first-order valence-corrected chi connectivity index (χ1v) is 6.67. The molecule has 0 fully saturated rings. The van der Waals surface area contributed by atoms with Gasteiger partial charge < -0.3 is 10.1 Å². The minimum atomic E-state index is -0.417. The van der Waals surface area contributed by atoms with Gasteiger partial charge in [0.05, 0.1) is 12.2 Å². The number of hydrogen-bond donors (Lipinski definition) is 2. The predicted molar refractivity (Wildman–Crippen MR) is 77.2 cm³/mol. The molecule has 0 aliphatic carbocycles. The Morgan fingerprint density at radius 3 is 2.75 bits per heavy atom. The third kappa shape index (κ3) is 5.72. The Labute approximate surface area is 119 Å². The molecule has 5 heteroatoms. The maximum atomic E-state index is 10.8. The Morgan fingerprint density at radius 2 is 2.15 bits per heavy atom. The van der Waals surface area contributed by atoms with Crippen molar-refractivity contribution < 1.29 is 9.53 Å². The van der Waals surface area contributed by atoms with Crippen LogP contribution in [0.15, 0.2) is 24.3 Å². The van der Waals surface area contributed by atoms with Crippen molar-refractivity contribution in [1.29, 1.82) is 5.26 Å². The van der Waals surface area contributed by atoms with E-state index in [9.17, 15) is 10.1 Å². The zero-order valence-corrected chi connectivity index (χ0v) is 12.1. The fraction of sp³-hybridized carbons (Fsp3) is 0.467. The van der Waals surface area contributed by atoms with Crippen molar-refractivity contribution >= 4 is 5.91 Å². The Bertz CT molecular complexity index is 480. The molecule has 0 bridgehead atoms. The third-order valence-electron chi connectivity index (χ3n) is 2.54. The van der Waals surface area contributed by atoms with Crippen LogP contribution in [0.5, 0.6) is 5.75 Å². The summed E-state index contributed by atoms with van der Waals surface area (Å²) in [4.78, 5) is 10.8. The van der Waals surface area contributed by atoms with Crippen LogP contribution in [-0.2, 0) is 4.79 Å². The summed E-state index contributed by atoms with van der Waals surface area (Å²) >= 11 is 0. The van der Waals surface area contributed by atoms with Gasteiger partial charge in [0.15, 0.2) is 0 Å². The van der Waals surface area contributed by atoms with E-state index in [0.29, 0.717) is 13.1 Å². The number of carbonyl (C=O) groups excluding carboxylic acids is 1. The summed E-state index contributed by atoms with van der Waals surface area (Å²) in [7, 11) is 0. The number of nitrogens with one attached hydrogen (secondary N) is 2. The topological polar surface area (TPSA) is 74.2 Å². The predicted octanol–water partition coefficient (Wildman–Crippen LogP) is 1.76. The molecule has 2 N–H and O–H groups in total. The SMILES string of the molecule is CC(=O)NCCNC(C#N)c1cccc(OC(C)C)c1. The Kier molecular flexibility index (Phi) is 6.54. The van der Waals surface area contributed by atoms with Crippen LogP contribution in [0.2, 0.25) is 0 Å². The lowest BCUT2D eigenvalue weighted by molar-refractivity contribution is -0.118. The summed E-state index contributed by atoms with van der Waals surface area (Å²) in [5.74, 6) is 0.675. The van der Waals surface area contributed by atoms with Crippen LogP contribution in [0, 0.1) is 11.3 Å². The van der Waals surface area contributed by atoms with E-state index in [1.807, 2.05) is 38.1 Å². The number of nitrogens with zero attached hydrogens (tertiary/aromatic N) is 1. The number of amides is 1. The standard InChI is InChI=1S/C15H21N3O2/c1-11(2)20-14-6-4-5-13(9-14)15(10-16)18-8-7-17-12(3)19/h4-6,9,11,15,18H,7-8H2,1-3H3,(H,17,19). The highest BCUT2D eigenvalue weighted by atomic mass is 16.5. The highest BCUT2D eigenvalue weighted by molar-refractivity contribution is 5.72. The highest BCUT2D eigenvalue weighted by Crippen LogP contribution is 2.19. The molecule has 0 aliphatic rings. The van der Waals surface area contributed by atoms with Crippen LogP contribution in [0.25, 0.3) is 0 Å². The summed E-state index contributed by atoms with van der Waals surface area (Å²) in [6, 6.07) is 9.27. The summed E-state index contributed by atoms with van der Waals surface area (Å²) in [6.07, 6.45) is 0.0958. The van der Waals surface area contributed by atoms with E-state index < -0.39 is 6.04 Å². The van der Waals surface area contributed by atoms with Crippen LogP contribution in [-0.4, -0.2) is 25.1 Å². The number of ether oxygens (including phenoxy) is 1. The fourth-order valence-electron chi connectivity index (χ4n) is 1.73. The second-order valence-corrected chi connectivity index (χ2v) is 4.74. The molecule has 1 atom stereocenters. The number of hydrogen-bond acceptors (Lipinski definition) is 4. The first-order valence-electron chi connectivity index (χ1n) is 6.67. The molecule has 1 aromatic rings. The smallest absolute Gasteiger partial charge is 0.216 e. The number of rotatable bonds is 7. The molecule has 1 unspecified atom stereocenters. The maximum absolute atomic E-state index is 10.8. The van der Waals surface area contributed by atoms with E-state index in [0.717, 1.165) is 11.3 Å². The van der Waals surface area contributed by atoms with E-state index in [1.54, 1.807) is 0 Å². The summed E-state index contributed by atoms with van der Waals surface area (Å²) in [5, 5.41) is 15.0. The van der Waals surface area contributed by atoms with Gasteiger partial charge in [-0.1, -0.05) is 12.1 Å². The van der Waals surface area contributed by atoms with Crippen LogP contribution >= 0.6 is 0 Å². The second kappa shape index (κ2) is 8.18. The quantitative estimate of drug-likeness (QED) is 0.744. The van der Waals surface area contributed by atoms with Crippen molar-refractivity contribution in [3.05, 3.63) is 29.8 Å². The third-order valence-corrected chi connectivity index (χ3v) is 2.54. The molecule has 1 rings (SSSR count). The van der Waals surface area contributed by atoms with Crippen molar-refractivity contribution in [2.45, 2.75) is 32.9 Å². The fourth-order valence-corrected chi connectivity index (χ4v) is 1.73. The molecule has 0 spiro atoms. The van der Waals surface area contributed by atoms with Gasteiger partial charge >= 0.3 is 0 Å². The molecular formula is C15H21N3O2. The minimum Gasteiger partial charge on any atom is -0.491 e. The van der Waals surface area contributed by atoms with E-state index >= 15 is 0 Å². The number of nitriles is 1. The Balaban J connectivity index is 2.60. The summed E-state index contributed by atoms with van der Waals surface area (Å²) in [6.45, 7) is 6.41. The maximum Gasteiger partial charge on any atom is 0.216 e. The first kappa shape index (κ1) is 16.0. The van der Waals surface area contributed by atoms with Crippen LogP contribution in [0.1, 0.15) is 32.4 Å². The van der Waals surface area contributed by atoms with Gasteiger partial charge in [0.2, 0.25) is 5.91 Å². The van der Waals surface area contributed by atoms with Gasteiger partial charge in [0, 0.05) is 20.0 Å². The van der Waals surface area contributed by atoms with E-state index in [1.165, 1.54) is 6.92 Å². The van der Waals surface area contributed by atoms with E-state index in [-0.39, 0.29) is 12.0 Å². The van der Waals surface area contributed by atoms with Gasteiger partial charge in [0.1, 0.15) is 11.8 Å². The molecule has 0 heterocycles. The number of benzene rings is 1. The van der Waals surface area contributed by atoms with Crippen molar-refractivity contribution in [2.24, 2.45) is 0 Å². The Hall–Kier alpha value is -2.06. The van der Waals surface area contributed by atoms with Crippen LogP contribution in [0.3, 0.4) is 0 Å². The number of carbonyl (C=O) groups is 1. The van der Waals surface area contributed by atoms with Crippen molar-refractivity contribution in [2.75, 3.05) is 13.1 Å². The van der Waals surface area contributed by atoms with Gasteiger partial charge in [0.25, 0.3) is 0 Å². The zero-order valence-electron chi connectivity index (χ0n) is 12.1. The normalized spacial score (nSPS) is 11.8. The molecule has 0 saturated carbocycles. The van der Waals surface area contributed by atoms with Gasteiger partial charge in [-0.05, 0) is 31.5 Å². The first-order chi connectivity index (χ1) is 9.52. The van der Waals surface area contributed by atoms with Crippen LogP contribution < -0.4 is 15.4 Å². The van der Waals surface area contributed by atoms with E-state index in [4.69, 9.17) is 4.74 Å². The van der Waals surface area contributed by atoms with Gasteiger partial charge in [-0.25, -0.2) is 0 Å². The average Bonchev–Trinajstić information content (AvgIpc) is 2.38. The monoisotopic (exact) mass is 275 g/mol. The van der Waals surface area contributed by atoms with Gasteiger partial charge in [-0.2, -0.15) is 5.26 Å². The average molecular weight is 275 g/mol. The molecule has 108 valence electrons. The molecule has 5 nitrogen and oxygen atoms in total. The largest absolute Gasteiger partial charge is 0.491 e. The zero-order chi connectivity index (χ0) is 15.0. The van der Waals surface area contributed by atoms with Crippen molar-refractivity contribution in [1.82, 2.24) is 10.6 Å². The highest BCUT2D eigenvalue weighted by Gasteiger charge is 2.10. The van der Waals surface area contributed by atoms with Crippen LogP contribution in [0.4, 0.5) is 0 Å². The molecule has 0 saturated heterocycles. The second-order valence-electron chi connectivity index (χ2n) is 4.74. The molecule has 1 amide bonds. The minimum absolute atomic E-state index is 0.0763. The molecule has 0 radical (unpaired) electrons. The molecule has 1 aromatic carbocycles. The van der Waals surface area contributed by atoms with Gasteiger partial charge in [-0.3, -0.25) is 10.1 Å². The van der Waals surface area contributed by atoms with Crippen molar-refractivity contribution in [3.8, 4) is 11.8 Å². The van der Waals surface area contributed by atoms with E-state index in [2.05, 4.69) is 16.7 Å². The summed E-state index contributed by atoms with van der Waals surface area (Å²) in [5.41, 5.74) is 0.855. The molecule has 0 aliphatic heterocycles. The lowest BCUT2D eigenvalue weighted by Crippen LogP contribution is -2.32. The van der Waals surface area contributed by atoms with Gasteiger partial charge in [-0.15, -0.1) is 0 Å².